The van der Waals surface area contributed by atoms with Gasteiger partial charge in [0.2, 0.25) is 0 Å². The normalized spacial score (nSPS) is 18.2. The highest BCUT2D eigenvalue weighted by Gasteiger charge is 2.22. The van der Waals surface area contributed by atoms with Crippen LogP contribution >= 0.6 is 23.2 Å². The molecule has 0 aliphatic heterocycles. The topological polar surface area (TPSA) is 0 Å². The lowest BCUT2D eigenvalue weighted by Gasteiger charge is -2.26. The van der Waals surface area contributed by atoms with E-state index in [2.05, 4.69) is 31.2 Å². The summed E-state index contributed by atoms with van der Waals surface area (Å²) in [4.78, 5) is 0. The van der Waals surface area contributed by atoms with Crippen LogP contribution in [0.5, 0.6) is 0 Å². The zero-order chi connectivity index (χ0) is 13.4. The number of benzene rings is 2. The molecular weight excluding hydrogens is 275 g/mol. The minimum Gasteiger partial charge on any atom is -0.0827 e. The van der Waals surface area contributed by atoms with Crippen LogP contribution in [0.4, 0.5) is 0 Å². The second-order valence-corrected chi connectivity index (χ2v) is 6.14. The number of fused-ring (bicyclic) bond motifs is 1. The second-order valence-electron chi connectivity index (χ2n) is 5.32. The van der Waals surface area contributed by atoms with Gasteiger partial charge in [0.05, 0.1) is 10.0 Å². The quantitative estimate of drug-likeness (QED) is 0.625. The molecular formula is C17H16Cl2. The van der Waals surface area contributed by atoms with Gasteiger partial charge >= 0.3 is 0 Å². The van der Waals surface area contributed by atoms with Gasteiger partial charge in [0.1, 0.15) is 0 Å². The van der Waals surface area contributed by atoms with Gasteiger partial charge in [-0.25, -0.2) is 0 Å². The Morgan fingerprint density at radius 3 is 2.63 bits per heavy atom. The molecule has 0 saturated heterocycles. The van der Waals surface area contributed by atoms with Crippen LogP contribution in [0.25, 0.3) is 0 Å². The van der Waals surface area contributed by atoms with E-state index in [0.717, 1.165) is 0 Å². The molecule has 0 nitrogen and oxygen atoms in total. The number of hydrogen-bond acceptors (Lipinski definition) is 0. The van der Waals surface area contributed by atoms with E-state index in [1.807, 2.05) is 12.1 Å². The van der Waals surface area contributed by atoms with Crippen molar-refractivity contribution in [3.8, 4) is 0 Å². The first-order chi connectivity index (χ1) is 9.15. The molecule has 1 aliphatic rings. The van der Waals surface area contributed by atoms with Crippen molar-refractivity contribution in [2.45, 2.75) is 32.1 Å². The number of aryl methyl sites for hydroxylation is 2. The molecule has 0 heterocycles. The molecule has 0 fully saturated rings. The lowest BCUT2D eigenvalue weighted by Crippen LogP contribution is -2.11. The molecule has 1 aliphatic carbocycles. The summed E-state index contributed by atoms with van der Waals surface area (Å²) in [5, 5.41) is 1.28. The van der Waals surface area contributed by atoms with Gasteiger partial charge in [-0.15, -0.1) is 0 Å². The molecule has 1 unspecified atom stereocenters. The first kappa shape index (κ1) is 13.0. The van der Waals surface area contributed by atoms with Crippen molar-refractivity contribution >= 4 is 23.2 Å². The first-order valence-corrected chi connectivity index (χ1v) is 7.45. The first-order valence-electron chi connectivity index (χ1n) is 6.69. The SMILES string of the molecule is Cc1ccc2c(c1)CCCC2c1ccc(Cl)c(Cl)c1. The summed E-state index contributed by atoms with van der Waals surface area (Å²) in [6.45, 7) is 2.16. The number of hydrogen-bond donors (Lipinski definition) is 0. The predicted molar refractivity (Wildman–Crippen MR) is 82.4 cm³/mol. The Morgan fingerprint density at radius 2 is 1.84 bits per heavy atom. The fourth-order valence-electron chi connectivity index (χ4n) is 3.02. The van der Waals surface area contributed by atoms with Gasteiger partial charge in [-0.05, 0) is 55.0 Å². The molecule has 0 aromatic heterocycles. The van der Waals surface area contributed by atoms with Crippen molar-refractivity contribution in [3.05, 3.63) is 68.7 Å². The molecule has 2 aromatic carbocycles. The van der Waals surface area contributed by atoms with E-state index in [1.165, 1.54) is 41.5 Å². The van der Waals surface area contributed by atoms with Gasteiger partial charge in [0.25, 0.3) is 0 Å². The van der Waals surface area contributed by atoms with Crippen LogP contribution in [0.3, 0.4) is 0 Å². The monoisotopic (exact) mass is 290 g/mol. The van der Waals surface area contributed by atoms with E-state index in [9.17, 15) is 0 Å². The molecule has 2 heteroatoms. The van der Waals surface area contributed by atoms with E-state index in [0.29, 0.717) is 16.0 Å². The number of rotatable bonds is 1. The van der Waals surface area contributed by atoms with Crippen LogP contribution in [0, 0.1) is 6.92 Å². The highest BCUT2D eigenvalue weighted by Crippen LogP contribution is 2.38. The third kappa shape index (κ3) is 2.52. The smallest absolute Gasteiger partial charge is 0.0595 e. The Kier molecular flexibility index (Phi) is 3.56. The lowest BCUT2D eigenvalue weighted by atomic mass is 9.78. The Bertz CT molecular complexity index is 617. The minimum absolute atomic E-state index is 0.458. The molecule has 0 spiro atoms. The maximum Gasteiger partial charge on any atom is 0.0595 e. The lowest BCUT2D eigenvalue weighted by molar-refractivity contribution is 0.615. The molecule has 1 atom stereocenters. The molecule has 0 saturated carbocycles. The van der Waals surface area contributed by atoms with Crippen molar-refractivity contribution in [3.63, 3.8) is 0 Å². The molecule has 0 bridgehead atoms. The third-order valence-corrected chi connectivity index (χ3v) is 4.70. The van der Waals surface area contributed by atoms with Gasteiger partial charge in [-0.2, -0.15) is 0 Å². The van der Waals surface area contributed by atoms with Crippen LogP contribution < -0.4 is 0 Å². The molecule has 19 heavy (non-hydrogen) atoms. The Balaban J connectivity index is 2.05. The van der Waals surface area contributed by atoms with Gasteiger partial charge < -0.3 is 0 Å². The Labute approximate surface area is 124 Å². The van der Waals surface area contributed by atoms with Crippen molar-refractivity contribution < 1.29 is 0 Å². The van der Waals surface area contributed by atoms with Crippen LogP contribution in [-0.2, 0) is 6.42 Å². The minimum atomic E-state index is 0.458. The maximum atomic E-state index is 6.15. The summed E-state index contributed by atoms with van der Waals surface area (Å²) in [6.07, 6.45) is 3.62. The van der Waals surface area contributed by atoms with E-state index < -0.39 is 0 Å². The predicted octanol–water partition coefficient (Wildman–Crippen LogP) is 5.77. The standard InChI is InChI=1S/C17H16Cl2/c1-11-5-7-15-12(9-11)3-2-4-14(15)13-6-8-16(18)17(19)10-13/h5-10,14H,2-4H2,1H3. The van der Waals surface area contributed by atoms with Crippen molar-refractivity contribution in [1.29, 1.82) is 0 Å². The summed E-state index contributed by atoms with van der Waals surface area (Å²) in [7, 11) is 0. The molecule has 0 N–H and O–H groups in total. The van der Waals surface area contributed by atoms with Gasteiger partial charge in [0.15, 0.2) is 0 Å². The van der Waals surface area contributed by atoms with Crippen molar-refractivity contribution in [2.75, 3.05) is 0 Å². The summed E-state index contributed by atoms with van der Waals surface area (Å²) >= 11 is 12.2. The van der Waals surface area contributed by atoms with Crippen LogP contribution in [-0.4, -0.2) is 0 Å². The summed E-state index contributed by atoms with van der Waals surface area (Å²) in [5.41, 5.74) is 5.56. The van der Waals surface area contributed by atoms with E-state index in [1.54, 1.807) is 0 Å². The molecule has 0 amide bonds. The van der Waals surface area contributed by atoms with Crippen LogP contribution in [0.1, 0.15) is 41.0 Å². The van der Waals surface area contributed by atoms with E-state index >= 15 is 0 Å². The summed E-state index contributed by atoms with van der Waals surface area (Å²) < 4.78 is 0. The zero-order valence-electron chi connectivity index (χ0n) is 10.9. The highest BCUT2D eigenvalue weighted by molar-refractivity contribution is 6.42. The highest BCUT2D eigenvalue weighted by atomic mass is 35.5. The van der Waals surface area contributed by atoms with E-state index in [-0.39, 0.29) is 0 Å². The van der Waals surface area contributed by atoms with Gasteiger partial charge in [0, 0.05) is 5.92 Å². The van der Waals surface area contributed by atoms with Crippen molar-refractivity contribution in [2.24, 2.45) is 0 Å². The largest absolute Gasteiger partial charge is 0.0827 e. The van der Waals surface area contributed by atoms with Crippen LogP contribution in [0.15, 0.2) is 36.4 Å². The molecule has 0 radical (unpaired) electrons. The fraction of sp³-hybridized carbons (Fsp3) is 0.294. The second kappa shape index (κ2) is 5.19. The Morgan fingerprint density at radius 1 is 1.00 bits per heavy atom. The summed E-state index contributed by atoms with van der Waals surface area (Å²) in [5.74, 6) is 0.458. The van der Waals surface area contributed by atoms with Gasteiger partial charge in [-0.1, -0.05) is 53.0 Å². The molecule has 2 aromatic rings. The average molecular weight is 291 g/mol. The van der Waals surface area contributed by atoms with Crippen LogP contribution in [0.2, 0.25) is 10.0 Å². The summed E-state index contributed by atoms with van der Waals surface area (Å²) in [6, 6.07) is 12.8. The van der Waals surface area contributed by atoms with E-state index in [4.69, 9.17) is 23.2 Å². The maximum absolute atomic E-state index is 6.15. The van der Waals surface area contributed by atoms with Gasteiger partial charge in [-0.3, -0.25) is 0 Å². The third-order valence-electron chi connectivity index (χ3n) is 3.96. The van der Waals surface area contributed by atoms with Crippen molar-refractivity contribution in [1.82, 2.24) is 0 Å². The molecule has 98 valence electrons. The fourth-order valence-corrected chi connectivity index (χ4v) is 3.33. The Hall–Kier alpha value is -0.980. The average Bonchev–Trinajstić information content (AvgIpc) is 2.41. The zero-order valence-corrected chi connectivity index (χ0v) is 12.4. The molecule has 3 rings (SSSR count). The number of halogens is 2.